The number of aromatic nitrogens is 1. The molecule has 1 aromatic heterocycles. The van der Waals surface area contributed by atoms with Gasteiger partial charge in [0.1, 0.15) is 11.6 Å². The van der Waals surface area contributed by atoms with Crippen molar-refractivity contribution in [2.75, 3.05) is 26.2 Å². The fraction of sp³-hybridized carbons (Fsp3) is 0.409. The van der Waals surface area contributed by atoms with E-state index >= 15 is 0 Å². The number of fused-ring (bicyclic) bond motifs is 1. The fourth-order valence-corrected chi connectivity index (χ4v) is 4.43. The first-order chi connectivity index (χ1) is 13.6. The molecule has 2 heterocycles. The summed E-state index contributed by atoms with van der Waals surface area (Å²) < 4.78 is 0. The lowest BCUT2D eigenvalue weighted by Gasteiger charge is -2.41. The molecule has 0 spiro atoms. The molecule has 1 aromatic carbocycles. The molecule has 1 atom stereocenters. The zero-order valence-corrected chi connectivity index (χ0v) is 16.1. The third kappa shape index (κ3) is 3.34. The van der Waals surface area contributed by atoms with Crippen LogP contribution in [0.1, 0.15) is 39.0 Å². The molecular weight excluding hydrogens is 352 g/mol. The summed E-state index contributed by atoms with van der Waals surface area (Å²) >= 11 is 0. The highest BCUT2D eigenvalue weighted by Gasteiger charge is 2.29. The minimum Gasteiger partial charge on any atom is -0.336 e. The average Bonchev–Trinajstić information content (AvgIpc) is 2.73. The lowest BCUT2D eigenvalue weighted by Crippen LogP contribution is -2.53. The molecule has 6 heteroatoms. The summed E-state index contributed by atoms with van der Waals surface area (Å²) in [5.41, 5.74) is 3.36. The number of nitrogens with one attached hydrogen (secondary N) is 1. The molecule has 0 saturated carbocycles. The number of hydrogen-bond donors (Lipinski definition) is 1. The van der Waals surface area contributed by atoms with Crippen molar-refractivity contribution < 1.29 is 4.79 Å². The monoisotopic (exact) mass is 376 g/mol. The van der Waals surface area contributed by atoms with Crippen molar-refractivity contribution in [1.29, 1.82) is 5.26 Å². The van der Waals surface area contributed by atoms with Crippen LogP contribution in [0, 0.1) is 18.3 Å². The first-order valence-corrected chi connectivity index (χ1v) is 9.81. The summed E-state index contributed by atoms with van der Waals surface area (Å²) in [5, 5.41) is 9.16. The minimum absolute atomic E-state index is 0.0188. The van der Waals surface area contributed by atoms with Crippen molar-refractivity contribution in [2.45, 2.75) is 32.2 Å². The number of aromatic amines is 1. The summed E-state index contributed by atoms with van der Waals surface area (Å²) in [6.07, 6.45) is 4.79. The Morgan fingerprint density at radius 2 is 1.89 bits per heavy atom. The molecule has 1 N–H and O–H groups in total. The van der Waals surface area contributed by atoms with Crippen LogP contribution in [0.5, 0.6) is 0 Å². The maximum absolute atomic E-state index is 12.9. The highest BCUT2D eigenvalue weighted by molar-refractivity contribution is 5.95. The number of piperazine rings is 1. The number of pyridine rings is 1. The number of aryl methyl sites for hydroxylation is 1. The number of benzene rings is 1. The van der Waals surface area contributed by atoms with E-state index in [0.717, 1.165) is 32.4 Å². The van der Waals surface area contributed by atoms with Gasteiger partial charge in [-0.1, -0.05) is 24.3 Å². The van der Waals surface area contributed by atoms with E-state index in [0.29, 0.717) is 30.3 Å². The van der Waals surface area contributed by atoms with Crippen molar-refractivity contribution in [3.63, 3.8) is 0 Å². The third-order valence-electron chi connectivity index (χ3n) is 6.13. The Kier molecular flexibility index (Phi) is 5.01. The minimum atomic E-state index is -0.445. The van der Waals surface area contributed by atoms with E-state index in [1.54, 1.807) is 6.92 Å². The molecule has 1 fully saturated rings. The second-order valence-electron chi connectivity index (χ2n) is 7.64. The van der Waals surface area contributed by atoms with E-state index in [1.165, 1.54) is 17.3 Å². The SMILES string of the molecule is Cc1c(C(=O)N2CCN([C@H]3CCc4ccccc4C3)CC2)c[nH]c(=O)c1C#N. The van der Waals surface area contributed by atoms with E-state index in [9.17, 15) is 9.59 Å². The van der Waals surface area contributed by atoms with Crippen LogP contribution in [0.2, 0.25) is 0 Å². The van der Waals surface area contributed by atoms with Gasteiger partial charge in [0.25, 0.3) is 11.5 Å². The molecule has 2 aromatic rings. The molecular formula is C22H24N4O2. The topological polar surface area (TPSA) is 80.2 Å². The van der Waals surface area contributed by atoms with Crippen molar-refractivity contribution in [2.24, 2.45) is 0 Å². The van der Waals surface area contributed by atoms with Crippen LogP contribution in [0.25, 0.3) is 0 Å². The van der Waals surface area contributed by atoms with E-state index in [1.807, 2.05) is 11.0 Å². The van der Waals surface area contributed by atoms with Crippen LogP contribution < -0.4 is 5.56 Å². The van der Waals surface area contributed by atoms with Gasteiger partial charge in [0.05, 0.1) is 5.56 Å². The van der Waals surface area contributed by atoms with Crippen LogP contribution in [0.3, 0.4) is 0 Å². The molecule has 1 aliphatic carbocycles. The second-order valence-corrected chi connectivity index (χ2v) is 7.64. The van der Waals surface area contributed by atoms with Gasteiger partial charge < -0.3 is 9.88 Å². The molecule has 1 saturated heterocycles. The van der Waals surface area contributed by atoms with Gasteiger partial charge in [-0.25, -0.2) is 0 Å². The first-order valence-electron chi connectivity index (χ1n) is 9.81. The summed E-state index contributed by atoms with van der Waals surface area (Å²) in [4.78, 5) is 31.5. The number of amides is 1. The van der Waals surface area contributed by atoms with Crippen molar-refractivity contribution in [3.05, 3.63) is 68.6 Å². The molecule has 6 nitrogen and oxygen atoms in total. The lowest BCUT2D eigenvalue weighted by molar-refractivity contribution is 0.0552. The Morgan fingerprint density at radius 1 is 1.18 bits per heavy atom. The number of nitriles is 1. The van der Waals surface area contributed by atoms with E-state index in [-0.39, 0.29) is 11.5 Å². The Bertz CT molecular complexity index is 996. The van der Waals surface area contributed by atoms with Crippen molar-refractivity contribution in [1.82, 2.24) is 14.8 Å². The quantitative estimate of drug-likeness (QED) is 0.868. The average molecular weight is 376 g/mol. The smallest absolute Gasteiger partial charge is 0.266 e. The molecule has 4 rings (SSSR count). The maximum Gasteiger partial charge on any atom is 0.266 e. The molecule has 28 heavy (non-hydrogen) atoms. The third-order valence-corrected chi connectivity index (χ3v) is 6.13. The largest absolute Gasteiger partial charge is 0.336 e. The number of rotatable bonds is 2. The molecule has 1 amide bonds. The molecule has 1 aliphatic heterocycles. The number of nitrogens with zero attached hydrogens (tertiary/aromatic N) is 3. The summed E-state index contributed by atoms with van der Waals surface area (Å²) in [6, 6.07) is 11.1. The van der Waals surface area contributed by atoms with Gasteiger partial charge in [-0.3, -0.25) is 14.5 Å². The summed E-state index contributed by atoms with van der Waals surface area (Å²) in [7, 11) is 0. The van der Waals surface area contributed by atoms with Crippen molar-refractivity contribution >= 4 is 5.91 Å². The maximum atomic E-state index is 12.9. The van der Waals surface area contributed by atoms with Gasteiger partial charge in [-0.2, -0.15) is 5.26 Å². The fourth-order valence-electron chi connectivity index (χ4n) is 4.43. The van der Waals surface area contributed by atoms with Crippen LogP contribution in [0.15, 0.2) is 35.3 Å². The first kappa shape index (κ1) is 18.5. The summed E-state index contributed by atoms with van der Waals surface area (Å²) in [6.45, 7) is 4.70. The number of carbonyl (C=O) groups excluding carboxylic acids is 1. The molecule has 0 radical (unpaired) electrons. The summed E-state index contributed by atoms with van der Waals surface area (Å²) in [5.74, 6) is -0.112. The van der Waals surface area contributed by atoms with Gasteiger partial charge in [-0.05, 0) is 42.9 Å². The highest BCUT2D eigenvalue weighted by atomic mass is 16.2. The Labute approximate surface area is 164 Å². The molecule has 144 valence electrons. The van der Waals surface area contributed by atoms with Crippen molar-refractivity contribution in [3.8, 4) is 6.07 Å². The number of hydrogen-bond acceptors (Lipinski definition) is 4. The Morgan fingerprint density at radius 3 is 2.61 bits per heavy atom. The second kappa shape index (κ2) is 7.61. The molecule has 0 bridgehead atoms. The predicted molar refractivity (Wildman–Crippen MR) is 106 cm³/mol. The zero-order chi connectivity index (χ0) is 19.7. The van der Waals surface area contributed by atoms with E-state index in [2.05, 4.69) is 34.1 Å². The van der Waals surface area contributed by atoms with Crippen LogP contribution in [-0.4, -0.2) is 52.9 Å². The standard InChI is InChI=1S/C22H24N4O2/c1-15-19(13-23)21(27)24-14-20(15)22(28)26-10-8-25(9-11-26)18-7-6-16-4-2-3-5-17(16)12-18/h2-5,14,18H,6-12H2,1H3,(H,24,27)/t18-/m0/s1. The van der Waals surface area contributed by atoms with Crippen LogP contribution in [-0.2, 0) is 12.8 Å². The normalized spacial score (nSPS) is 19.7. The van der Waals surface area contributed by atoms with Gasteiger partial charge >= 0.3 is 0 Å². The van der Waals surface area contributed by atoms with Gasteiger partial charge in [0.15, 0.2) is 0 Å². The predicted octanol–water partition coefficient (Wildman–Crippen LogP) is 1.87. The van der Waals surface area contributed by atoms with Crippen LogP contribution >= 0.6 is 0 Å². The molecule has 2 aliphatic rings. The van der Waals surface area contributed by atoms with Gasteiger partial charge in [0.2, 0.25) is 0 Å². The van der Waals surface area contributed by atoms with Gasteiger partial charge in [-0.15, -0.1) is 0 Å². The number of carbonyl (C=O) groups is 1. The Balaban J connectivity index is 1.42. The zero-order valence-electron chi connectivity index (χ0n) is 16.1. The van der Waals surface area contributed by atoms with E-state index < -0.39 is 5.56 Å². The molecule has 0 unspecified atom stereocenters. The lowest BCUT2D eigenvalue weighted by atomic mass is 9.87. The Hall–Kier alpha value is -2.91. The van der Waals surface area contributed by atoms with Crippen LogP contribution in [0.4, 0.5) is 0 Å². The van der Waals surface area contributed by atoms with Gasteiger partial charge in [0, 0.05) is 38.4 Å². The number of H-pyrrole nitrogens is 1. The van der Waals surface area contributed by atoms with E-state index in [4.69, 9.17) is 5.26 Å². The highest BCUT2D eigenvalue weighted by Crippen LogP contribution is 2.25.